The van der Waals surface area contributed by atoms with Crippen molar-refractivity contribution < 1.29 is 9.59 Å². The molecule has 1 aromatic carbocycles. The number of carbonyl (C=O) groups excluding carboxylic acids is 2. The first-order valence-electron chi connectivity index (χ1n) is 6.65. The molecule has 1 aliphatic heterocycles. The molecule has 0 bridgehead atoms. The van der Waals surface area contributed by atoms with Crippen molar-refractivity contribution in [1.82, 2.24) is 14.7 Å². The minimum atomic E-state index is -0.333. The molecule has 0 unspecified atom stereocenters. The normalized spacial score (nSPS) is 24.1. The third-order valence-electron chi connectivity index (χ3n) is 3.52. The summed E-state index contributed by atoms with van der Waals surface area (Å²) in [5.74, 6) is -0.0257. The Hall–Kier alpha value is -1.88. The summed E-state index contributed by atoms with van der Waals surface area (Å²) < 4.78 is 0. The number of nitrogens with zero attached hydrogens (tertiary/aromatic N) is 3. The van der Waals surface area contributed by atoms with Gasteiger partial charge in [0, 0.05) is 34.7 Å². The Balaban J connectivity index is 2.13. The second-order valence-corrected chi connectivity index (χ2v) is 5.51. The molecule has 1 aliphatic rings. The lowest BCUT2D eigenvalue weighted by Gasteiger charge is -2.10. The summed E-state index contributed by atoms with van der Waals surface area (Å²) in [6.45, 7) is 0.620. The van der Waals surface area contributed by atoms with Gasteiger partial charge in [0.1, 0.15) is 12.1 Å². The monoisotopic (exact) mass is 275 g/mol. The molecule has 108 valence electrons. The summed E-state index contributed by atoms with van der Waals surface area (Å²) in [6, 6.07) is 9.23. The molecule has 1 heterocycles. The van der Waals surface area contributed by atoms with Crippen LogP contribution < -0.4 is 0 Å². The summed E-state index contributed by atoms with van der Waals surface area (Å²) in [5, 5.41) is 0. The Kier molecular flexibility index (Phi) is 4.09. The second kappa shape index (κ2) is 5.63. The van der Waals surface area contributed by atoms with Gasteiger partial charge in [-0.25, -0.2) is 0 Å². The standard InChI is InChI=1S/C15H21N3O2/c1-16(2)14(19)12-13(15(20)17(3)4)18(12)10-11-8-6-5-7-9-11/h5-9,12-13H,10H2,1-4H3/t12-,13-/m1/s1. The number of likely N-dealkylation sites (N-methyl/N-ethyl adjacent to an activating group) is 2. The van der Waals surface area contributed by atoms with Gasteiger partial charge in [0.2, 0.25) is 11.8 Å². The molecular formula is C15H21N3O2. The van der Waals surface area contributed by atoms with Crippen molar-refractivity contribution in [2.24, 2.45) is 0 Å². The zero-order valence-electron chi connectivity index (χ0n) is 12.4. The van der Waals surface area contributed by atoms with Crippen LogP contribution in [0.5, 0.6) is 0 Å². The highest BCUT2D eigenvalue weighted by Gasteiger charge is 2.57. The van der Waals surface area contributed by atoms with Crippen LogP contribution in [0.4, 0.5) is 0 Å². The number of amides is 2. The molecule has 1 saturated heterocycles. The van der Waals surface area contributed by atoms with E-state index in [-0.39, 0.29) is 23.9 Å². The van der Waals surface area contributed by atoms with Gasteiger partial charge in [0.05, 0.1) is 0 Å². The first kappa shape index (κ1) is 14.5. The van der Waals surface area contributed by atoms with Crippen molar-refractivity contribution in [2.45, 2.75) is 18.6 Å². The van der Waals surface area contributed by atoms with Gasteiger partial charge in [0.15, 0.2) is 0 Å². The highest BCUT2D eigenvalue weighted by molar-refractivity contribution is 5.97. The Bertz CT molecular complexity index is 473. The molecule has 0 saturated carbocycles. The third kappa shape index (κ3) is 2.82. The Labute approximate surface area is 119 Å². The van der Waals surface area contributed by atoms with Crippen LogP contribution in [0.3, 0.4) is 0 Å². The van der Waals surface area contributed by atoms with E-state index in [1.165, 1.54) is 0 Å². The molecular weight excluding hydrogens is 254 g/mol. The summed E-state index contributed by atoms with van der Waals surface area (Å²) in [7, 11) is 6.88. The molecule has 0 aromatic heterocycles. The molecule has 20 heavy (non-hydrogen) atoms. The maximum Gasteiger partial charge on any atom is 0.241 e. The van der Waals surface area contributed by atoms with Gasteiger partial charge in [-0.15, -0.1) is 0 Å². The summed E-state index contributed by atoms with van der Waals surface area (Å²) in [5.41, 5.74) is 1.11. The molecule has 1 fully saturated rings. The van der Waals surface area contributed by atoms with Crippen LogP contribution in [0.15, 0.2) is 30.3 Å². The van der Waals surface area contributed by atoms with E-state index >= 15 is 0 Å². The quantitative estimate of drug-likeness (QED) is 0.748. The maximum absolute atomic E-state index is 12.2. The van der Waals surface area contributed by atoms with Crippen LogP contribution >= 0.6 is 0 Å². The van der Waals surface area contributed by atoms with Crippen molar-refractivity contribution in [2.75, 3.05) is 28.2 Å². The number of hydrogen-bond donors (Lipinski definition) is 0. The fourth-order valence-electron chi connectivity index (χ4n) is 2.35. The zero-order valence-corrected chi connectivity index (χ0v) is 12.4. The smallest absolute Gasteiger partial charge is 0.241 e. The predicted molar refractivity (Wildman–Crippen MR) is 76.9 cm³/mol. The van der Waals surface area contributed by atoms with E-state index in [2.05, 4.69) is 0 Å². The van der Waals surface area contributed by atoms with Gasteiger partial charge >= 0.3 is 0 Å². The largest absolute Gasteiger partial charge is 0.347 e. The first-order valence-corrected chi connectivity index (χ1v) is 6.65. The number of hydrogen-bond acceptors (Lipinski definition) is 3. The number of benzene rings is 1. The van der Waals surface area contributed by atoms with Gasteiger partial charge in [-0.1, -0.05) is 30.3 Å². The lowest BCUT2D eigenvalue weighted by Crippen LogP contribution is -2.33. The lowest BCUT2D eigenvalue weighted by molar-refractivity contribution is -0.132. The summed E-state index contributed by atoms with van der Waals surface area (Å²) in [6.07, 6.45) is 0. The Morgan fingerprint density at radius 1 is 0.950 bits per heavy atom. The average Bonchev–Trinajstić information content (AvgIpc) is 3.11. The number of rotatable bonds is 4. The molecule has 5 heteroatoms. The average molecular weight is 275 g/mol. The van der Waals surface area contributed by atoms with E-state index < -0.39 is 0 Å². The van der Waals surface area contributed by atoms with E-state index in [0.717, 1.165) is 5.56 Å². The number of carbonyl (C=O) groups is 2. The fraction of sp³-hybridized carbons (Fsp3) is 0.467. The van der Waals surface area contributed by atoms with Gasteiger partial charge < -0.3 is 9.80 Å². The molecule has 2 rings (SSSR count). The van der Waals surface area contributed by atoms with Gasteiger partial charge in [-0.3, -0.25) is 14.5 Å². The zero-order chi connectivity index (χ0) is 14.9. The SMILES string of the molecule is CN(C)C(=O)[C@H]1[C@H](C(=O)N(C)C)N1Cc1ccccc1. The van der Waals surface area contributed by atoms with Crippen LogP contribution in [0.25, 0.3) is 0 Å². The van der Waals surface area contributed by atoms with Gasteiger partial charge in [0.25, 0.3) is 0 Å². The molecule has 0 radical (unpaired) electrons. The van der Waals surface area contributed by atoms with Crippen LogP contribution in [0, 0.1) is 0 Å². The van der Waals surface area contributed by atoms with E-state index in [1.54, 1.807) is 38.0 Å². The highest BCUT2D eigenvalue weighted by Crippen LogP contribution is 2.33. The third-order valence-corrected chi connectivity index (χ3v) is 3.52. The Morgan fingerprint density at radius 2 is 1.40 bits per heavy atom. The lowest BCUT2D eigenvalue weighted by atomic mass is 10.2. The van der Waals surface area contributed by atoms with E-state index in [9.17, 15) is 9.59 Å². The van der Waals surface area contributed by atoms with Crippen molar-refractivity contribution in [3.8, 4) is 0 Å². The molecule has 0 aliphatic carbocycles. The van der Waals surface area contributed by atoms with Crippen molar-refractivity contribution in [1.29, 1.82) is 0 Å². The fourth-order valence-corrected chi connectivity index (χ4v) is 2.35. The van der Waals surface area contributed by atoms with Crippen LogP contribution in [0.1, 0.15) is 5.56 Å². The predicted octanol–water partition coefficient (Wildman–Crippen LogP) is 0.416. The van der Waals surface area contributed by atoms with Gasteiger partial charge in [-0.05, 0) is 5.56 Å². The highest BCUT2D eigenvalue weighted by atomic mass is 16.2. The topological polar surface area (TPSA) is 43.6 Å². The maximum atomic E-state index is 12.2. The van der Waals surface area contributed by atoms with Crippen LogP contribution in [0.2, 0.25) is 0 Å². The first-order chi connectivity index (χ1) is 9.43. The summed E-state index contributed by atoms with van der Waals surface area (Å²) in [4.78, 5) is 29.4. The van der Waals surface area contributed by atoms with E-state index in [0.29, 0.717) is 6.54 Å². The molecule has 0 N–H and O–H groups in total. The summed E-state index contributed by atoms with van der Waals surface area (Å²) >= 11 is 0. The molecule has 5 nitrogen and oxygen atoms in total. The van der Waals surface area contributed by atoms with Crippen LogP contribution in [-0.2, 0) is 16.1 Å². The molecule has 2 amide bonds. The second-order valence-electron chi connectivity index (χ2n) is 5.51. The molecule has 0 spiro atoms. The Morgan fingerprint density at radius 3 is 1.80 bits per heavy atom. The minimum absolute atomic E-state index is 0.0128. The molecule has 2 atom stereocenters. The van der Waals surface area contributed by atoms with E-state index in [1.807, 2.05) is 35.2 Å². The van der Waals surface area contributed by atoms with Crippen molar-refractivity contribution >= 4 is 11.8 Å². The van der Waals surface area contributed by atoms with Crippen molar-refractivity contribution in [3.63, 3.8) is 0 Å². The van der Waals surface area contributed by atoms with E-state index in [4.69, 9.17) is 0 Å². The van der Waals surface area contributed by atoms with Crippen LogP contribution in [-0.4, -0.2) is 66.8 Å². The van der Waals surface area contributed by atoms with Gasteiger partial charge in [-0.2, -0.15) is 0 Å². The molecule has 1 aromatic rings. The minimum Gasteiger partial charge on any atom is -0.347 e. The van der Waals surface area contributed by atoms with Crippen molar-refractivity contribution in [3.05, 3.63) is 35.9 Å².